The maximum absolute atomic E-state index is 5.31. The second kappa shape index (κ2) is 9.15. The van der Waals surface area contributed by atoms with Crippen molar-refractivity contribution < 1.29 is 4.74 Å². The highest BCUT2D eigenvalue weighted by Crippen LogP contribution is 2.24. The molecule has 0 fully saturated rings. The Bertz CT molecular complexity index is 360. The minimum Gasteiger partial charge on any atom is -0.480 e. The first kappa shape index (κ1) is 16.2. The number of nitrogens with one attached hydrogen (secondary N) is 1. The molecule has 1 aromatic rings. The monoisotopic (exact) mass is 283 g/mol. The first-order valence-corrected chi connectivity index (χ1v) is 8.00. The van der Waals surface area contributed by atoms with Crippen molar-refractivity contribution in [1.29, 1.82) is 0 Å². The second-order valence-corrected chi connectivity index (χ2v) is 5.96. The average Bonchev–Trinajstić information content (AvgIpc) is 2.42. The van der Waals surface area contributed by atoms with Crippen molar-refractivity contribution >= 4 is 11.8 Å². The highest BCUT2D eigenvalue weighted by molar-refractivity contribution is 7.99. The summed E-state index contributed by atoms with van der Waals surface area (Å²) in [5, 5.41) is 3.53. The molecule has 19 heavy (non-hydrogen) atoms. The van der Waals surface area contributed by atoms with Crippen LogP contribution in [0.2, 0.25) is 0 Å². The van der Waals surface area contributed by atoms with Crippen LogP contribution >= 0.6 is 11.8 Å². The molecule has 1 N–H and O–H groups in total. The van der Waals surface area contributed by atoms with Gasteiger partial charge < -0.3 is 10.1 Å². The number of hydrogen-bond donors (Lipinski definition) is 1. The predicted octanol–water partition coefficient (Wildman–Crippen LogP) is 2.92. The molecule has 5 heteroatoms. The molecule has 1 atom stereocenters. The smallest absolute Gasteiger partial charge is 0.237 e. The summed E-state index contributed by atoms with van der Waals surface area (Å²) in [6.45, 7) is 7.63. The van der Waals surface area contributed by atoms with Gasteiger partial charge in [0.25, 0.3) is 0 Å². The molecule has 0 saturated heterocycles. The molecule has 0 aliphatic heterocycles. The molecule has 0 aliphatic rings. The van der Waals surface area contributed by atoms with E-state index in [0.717, 1.165) is 30.2 Å². The van der Waals surface area contributed by atoms with Crippen molar-refractivity contribution in [2.24, 2.45) is 5.92 Å². The Balaban J connectivity index is 2.71. The van der Waals surface area contributed by atoms with E-state index in [-0.39, 0.29) is 6.04 Å². The van der Waals surface area contributed by atoms with Gasteiger partial charge in [-0.25, -0.2) is 4.98 Å². The fourth-order valence-corrected chi connectivity index (χ4v) is 2.83. The lowest BCUT2D eigenvalue weighted by atomic mass is 10.2. The largest absolute Gasteiger partial charge is 0.480 e. The summed E-state index contributed by atoms with van der Waals surface area (Å²) in [5.74, 6) is 3.49. The Kier molecular flexibility index (Phi) is 7.82. The van der Waals surface area contributed by atoms with E-state index in [2.05, 4.69) is 36.1 Å². The highest BCUT2D eigenvalue weighted by Gasteiger charge is 2.18. The zero-order valence-corrected chi connectivity index (χ0v) is 13.2. The second-order valence-electron chi connectivity index (χ2n) is 4.89. The van der Waals surface area contributed by atoms with Crippen LogP contribution in [0.4, 0.5) is 0 Å². The van der Waals surface area contributed by atoms with E-state index in [1.165, 1.54) is 0 Å². The number of ether oxygens (including phenoxy) is 1. The zero-order chi connectivity index (χ0) is 14.1. The van der Waals surface area contributed by atoms with Gasteiger partial charge in [0.1, 0.15) is 5.69 Å². The van der Waals surface area contributed by atoms with E-state index in [1.54, 1.807) is 19.5 Å². The van der Waals surface area contributed by atoms with E-state index in [0.29, 0.717) is 11.8 Å². The summed E-state index contributed by atoms with van der Waals surface area (Å²) >= 11 is 1.95. The number of nitrogens with zero attached hydrogens (tertiary/aromatic N) is 2. The van der Waals surface area contributed by atoms with Gasteiger partial charge >= 0.3 is 0 Å². The molecule has 0 saturated carbocycles. The van der Waals surface area contributed by atoms with Crippen LogP contribution in [0.15, 0.2) is 12.4 Å². The molecule has 1 unspecified atom stereocenters. The lowest BCUT2D eigenvalue weighted by Crippen LogP contribution is -2.26. The SMILES string of the molecule is CCCNC(CSCC(C)C)c1nccnc1OC. The van der Waals surface area contributed by atoms with Crippen LogP contribution in [0.3, 0.4) is 0 Å². The van der Waals surface area contributed by atoms with Crippen molar-refractivity contribution in [3.63, 3.8) is 0 Å². The van der Waals surface area contributed by atoms with Crippen LogP contribution in [0.5, 0.6) is 5.88 Å². The van der Waals surface area contributed by atoms with Crippen molar-refractivity contribution in [3.05, 3.63) is 18.1 Å². The number of rotatable bonds is 9. The first-order valence-electron chi connectivity index (χ1n) is 6.85. The van der Waals surface area contributed by atoms with E-state index < -0.39 is 0 Å². The summed E-state index contributed by atoms with van der Waals surface area (Å²) in [6.07, 6.45) is 4.50. The molecule has 1 aromatic heterocycles. The van der Waals surface area contributed by atoms with E-state index in [4.69, 9.17) is 4.74 Å². The molecule has 1 heterocycles. The van der Waals surface area contributed by atoms with Crippen LogP contribution < -0.4 is 10.1 Å². The van der Waals surface area contributed by atoms with E-state index in [9.17, 15) is 0 Å². The molecule has 0 radical (unpaired) electrons. The standard InChI is InChI=1S/C14H25N3OS/c1-5-6-15-12(10-19-9-11(2)3)13-14(18-4)17-8-7-16-13/h7-8,11-12,15H,5-6,9-10H2,1-4H3. The van der Waals surface area contributed by atoms with Gasteiger partial charge in [-0.15, -0.1) is 0 Å². The molecule has 4 nitrogen and oxygen atoms in total. The molecule has 1 rings (SSSR count). The van der Waals surface area contributed by atoms with Crippen LogP contribution in [0, 0.1) is 5.92 Å². The number of methoxy groups -OCH3 is 1. The normalized spacial score (nSPS) is 12.7. The number of hydrogen-bond acceptors (Lipinski definition) is 5. The summed E-state index contributed by atoms with van der Waals surface area (Å²) in [6, 6.07) is 0.201. The van der Waals surface area contributed by atoms with Crippen LogP contribution in [0.25, 0.3) is 0 Å². The highest BCUT2D eigenvalue weighted by atomic mass is 32.2. The van der Waals surface area contributed by atoms with Gasteiger partial charge in [0.05, 0.1) is 13.2 Å². The van der Waals surface area contributed by atoms with E-state index in [1.807, 2.05) is 11.8 Å². The van der Waals surface area contributed by atoms with Gasteiger partial charge in [0, 0.05) is 18.1 Å². The van der Waals surface area contributed by atoms with Crippen molar-refractivity contribution in [3.8, 4) is 5.88 Å². The Morgan fingerprint density at radius 2 is 2.00 bits per heavy atom. The Morgan fingerprint density at radius 3 is 2.63 bits per heavy atom. The number of aromatic nitrogens is 2. The average molecular weight is 283 g/mol. The van der Waals surface area contributed by atoms with Gasteiger partial charge in [-0.2, -0.15) is 11.8 Å². The fraction of sp³-hybridized carbons (Fsp3) is 0.714. The van der Waals surface area contributed by atoms with Crippen LogP contribution in [0.1, 0.15) is 38.9 Å². The van der Waals surface area contributed by atoms with Crippen molar-refractivity contribution in [2.45, 2.75) is 33.2 Å². The molecule has 0 aliphatic carbocycles. The van der Waals surface area contributed by atoms with Gasteiger partial charge in [0.15, 0.2) is 0 Å². The van der Waals surface area contributed by atoms with Gasteiger partial charge in [-0.3, -0.25) is 4.98 Å². The Labute approximate surface area is 120 Å². The molecular weight excluding hydrogens is 258 g/mol. The third-order valence-electron chi connectivity index (χ3n) is 2.59. The molecule has 108 valence electrons. The molecule has 0 bridgehead atoms. The fourth-order valence-electron chi connectivity index (χ4n) is 1.71. The summed E-state index contributed by atoms with van der Waals surface area (Å²) in [4.78, 5) is 8.67. The topological polar surface area (TPSA) is 47.0 Å². The van der Waals surface area contributed by atoms with Gasteiger partial charge in [-0.05, 0) is 24.6 Å². The molecule has 0 aromatic carbocycles. The van der Waals surface area contributed by atoms with Crippen LogP contribution in [-0.4, -0.2) is 35.1 Å². The summed E-state index contributed by atoms with van der Waals surface area (Å²) in [7, 11) is 1.64. The van der Waals surface area contributed by atoms with Gasteiger partial charge in [-0.1, -0.05) is 20.8 Å². The molecule has 0 spiro atoms. The maximum atomic E-state index is 5.31. The molecular formula is C14H25N3OS. The first-order chi connectivity index (χ1) is 9.19. The lowest BCUT2D eigenvalue weighted by molar-refractivity contribution is 0.380. The minimum atomic E-state index is 0.201. The van der Waals surface area contributed by atoms with Gasteiger partial charge in [0.2, 0.25) is 5.88 Å². The van der Waals surface area contributed by atoms with Crippen LogP contribution in [-0.2, 0) is 0 Å². The third-order valence-corrected chi connectivity index (χ3v) is 4.06. The zero-order valence-electron chi connectivity index (χ0n) is 12.3. The quantitative estimate of drug-likeness (QED) is 0.755. The molecule has 0 amide bonds. The van der Waals surface area contributed by atoms with Crippen molar-refractivity contribution in [2.75, 3.05) is 25.2 Å². The predicted molar refractivity (Wildman–Crippen MR) is 81.8 cm³/mol. The summed E-state index contributed by atoms with van der Waals surface area (Å²) in [5.41, 5.74) is 0.912. The number of thioether (sulfide) groups is 1. The summed E-state index contributed by atoms with van der Waals surface area (Å²) < 4.78 is 5.31. The third kappa shape index (κ3) is 5.78. The van der Waals surface area contributed by atoms with E-state index >= 15 is 0 Å². The maximum Gasteiger partial charge on any atom is 0.237 e. The van der Waals surface area contributed by atoms with Crippen molar-refractivity contribution in [1.82, 2.24) is 15.3 Å². The Morgan fingerprint density at radius 1 is 1.26 bits per heavy atom. The Hall–Kier alpha value is -0.810. The minimum absolute atomic E-state index is 0.201. The lowest BCUT2D eigenvalue weighted by Gasteiger charge is -2.19.